The zero-order valence-electron chi connectivity index (χ0n) is 27.2. The maximum Gasteiger partial charge on any atom is 0.235 e. The van der Waals surface area contributed by atoms with Crippen LogP contribution in [0.2, 0.25) is 10.0 Å². The first-order valence-corrected chi connectivity index (χ1v) is 17.1. The summed E-state index contributed by atoms with van der Waals surface area (Å²) in [7, 11) is 1.58. The summed E-state index contributed by atoms with van der Waals surface area (Å²) in [5.41, 5.74) is 7.66. The molecule has 250 valence electrons. The molecule has 4 aromatic rings. The van der Waals surface area contributed by atoms with Crippen LogP contribution in [-0.2, 0) is 30.6 Å². The first-order valence-electron chi connectivity index (χ1n) is 16.4. The third-order valence-electron chi connectivity index (χ3n) is 9.24. The van der Waals surface area contributed by atoms with Crippen molar-refractivity contribution in [1.29, 1.82) is 0 Å². The van der Waals surface area contributed by atoms with Crippen molar-refractivity contribution >= 4 is 34.9 Å². The average molecular weight is 689 g/mol. The van der Waals surface area contributed by atoms with Crippen LogP contribution in [-0.4, -0.2) is 69.5 Å². The molecule has 0 spiro atoms. The number of fused-ring (bicyclic) bond motifs is 1. The van der Waals surface area contributed by atoms with E-state index >= 15 is 0 Å². The topological polar surface area (TPSA) is 118 Å². The molecule has 2 aliphatic heterocycles. The second kappa shape index (κ2) is 15.1. The van der Waals surface area contributed by atoms with Crippen LogP contribution in [0.4, 0.5) is 0 Å². The van der Waals surface area contributed by atoms with Crippen molar-refractivity contribution in [2.75, 3.05) is 26.8 Å². The molecule has 0 radical (unpaired) electrons. The highest BCUT2D eigenvalue weighted by atomic mass is 35.5. The van der Waals surface area contributed by atoms with E-state index in [4.69, 9.17) is 37.9 Å². The molecule has 0 saturated carbocycles. The number of ketones is 1. The van der Waals surface area contributed by atoms with Gasteiger partial charge in [0.25, 0.3) is 0 Å². The number of aliphatic hydroxyl groups excluding tert-OH is 1. The van der Waals surface area contributed by atoms with E-state index in [9.17, 15) is 14.7 Å². The molecule has 2 N–H and O–H groups in total. The fourth-order valence-corrected chi connectivity index (χ4v) is 7.29. The molecule has 4 heterocycles. The number of aromatic nitrogens is 3. The molecule has 1 fully saturated rings. The van der Waals surface area contributed by atoms with Crippen molar-refractivity contribution in [3.8, 4) is 28.3 Å². The molecule has 9 nitrogen and oxygen atoms in total. The summed E-state index contributed by atoms with van der Waals surface area (Å²) in [6.07, 6.45) is 6.52. The summed E-state index contributed by atoms with van der Waals surface area (Å²) >= 11 is 14.0. The Kier molecular flexibility index (Phi) is 10.7. The number of hydrogen-bond donors (Lipinski definition) is 2. The van der Waals surface area contributed by atoms with E-state index in [1.165, 1.54) is 5.56 Å². The van der Waals surface area contributed by atoms with E-state index < -0.39 is 0 Å². The molecular weight excluding hydrogens is 649 g/mol. The van der Waals surface area contributed by atoms with Crippen molar-refractivity contribution in [2.45, 2.75) is 64.5 Å². The van der Waals surface area contributed by atoms with Crippen molar-refractivity contribution in [2.24, 2.45) is 0 Å². The lowest BCUT2D eigenvalue weighted by atomic mass is 9.95. The predicted molar refractivity (Wildman–Crippen MR) is 187 cm³/mol. The van der Waals surface area contributed by atoms with E-state index in [-0.39, 0.29) is 30.8 Å². The highest BCUT2D eigenvalue weighted by Crippen LogP contribution is 2.40. The molecule has 0 aliphatic carbocycles. The summed E-state index contributed by atoms with van der Waals surface area (Å²) in [4.78, 5) is 41.4. The third-order valence-corrected chi connectivity index (χ3v) is 10.1. The Morgan fingerprint density at radius 1 is 1.08 bits per heavy atom. The number of carbonyl (C=O) groups excluding carboxylic acids is 2. The Balaban J connectivity index is 1.21. The summed E-state index contributed by atoms with van der Waals surface area (Å²) < 4.78 is 5.61. The van der Waals surface area contributed by atoms with Crippen LogP contribution in [0.15, 0.2) is 48.7 Å². The lowest BCUT2D eigenvalue weighted by molar-refractivity contribution is -0.119. The number of β-amino-alcohol motifs (C(OH)–C–C–N with tert-alkyl or cyclic N) is 1. The van der Waals surface area contributed by atoms with E-state index in [1.807, 2.05) is 49.4 Å². The molecular formula is C37H39Cl2N5O4. The molecule has 2 aromatic heterocycles. The Morgan fingerprint density at radius 2 is 1.85 bits per heavy atom. The van der Waals surface area contributed by atoms with Gasteiger partial charge in [-0.2, -0.15) is 0 Å². The van der Waals surface area contributed by atoms with E-state index in [2.05, 4.69) is 15.2 Å². The van der Waals surface area contributed by atoms with Gasteiger partial charge in [-0.1, -0.05) is 59.6 Å². The second-order valence-corrected chi connectivity index (χ2v) is 13.2. The first-order chi connectivity index (χ1) is 23.2. The molecule has 11 heteroatoms. The van der Waals surface area contributed by atoms with Gasteiger partial charge in [-0.25, -0.2) is 9.97 Å². The lowest BCUT2D eigenvalue weighted by Crippen LogP contribution is -2.34. The highest BCUT2D eigenvalue weighted by Gasteiger charge is 2.24. The molecule has 6 rings (SSSR count). The molecule has 1 amide bonds. The van der Waals surface area contributed by atoms with Crippen molar-refractivity contribution < 1.29 is 19.4 Å². The normalized spacial score (nSPS) is 16.1. The maximum absolute atomic E-state index is 13.6. The van der Waals surface area contributed by atoms with Crippen LogP contribution in [0.5, 0.6) is 5.88 Å². The predicted octanol–water partition coefficient (Wildman–Crippen LogP) is 6.21. The van der Waals surface area contributed by atoms with E-state index in [1.54, 1.807) is 13.3 Å². The molecule has 1 unspecified atom stereocenters. The fraction of sp³-hybridized carbons (Fsp3) is 0.378. The summed E-state index contributed by atoms with van der Waals surface area (Å²) in [6.45, 7) is 4.17. The number of halogens is 2. The third kappa shape index (κ3) is 7.39. The Morgan fingerprint density at radius 3 is 2.60 bits per heavy atom. The van der Waals surface area contributed by atoms with Crippen LogP contribution in [0.3, 0.4) is 0 Å². The first kappa shape index (κ1) is 34.0. The molecule has 2 aromatic carbocycles. The van der Waals surface area contributed by atoms with Crippen LogP contribution in [0.25, 0.3) is 22.4 Å². The quantitative estimate of drug-likeness (QED) is 0.169. The van der Waals surface area contributed by atoms with Crippen LogP contribution < -0.4 is 10.1 Å². The van der Waals surface area contributed by atoms with Gasteiger partial charge in [-0.3, -0.25) is 19.5 Å². The van der Waals surface area contributed by atoms with Gasteiger partial charge in [0, 0.05) is 55.2 Å². The zero-order chi connectivity index (χ0) is 33.8. The molecule has 48 heavy (non-hydrogen) atoms. The zero-order valence-corrected chi connectivity index (χ0v) is 28.7. The van der Waals surface area contributed by atoms with Gasteiger partial charge in [-0.05, 0) is 61.8 Å². The Labute approximate surface area is 290 Å². The maximum atomic E-state index is 13.6. The number of carbonyl (C=O) groups is 2. The number of benzene rings is 2. The molecule has 1 atom stereocenters. The van der Waals surface area contributed by atoms with Gasteiger partial charge in [-0.15, -0.1) is 0 Å². The van der Waals surface area contributed by atoms with Gasteiger partial charge < -0.3 is 15.2 Å². The Bertz CT molecular complexity index is 1850. The number of methoxy groups -OCH3 is 1. The smallest absolute Gasteiger partial charge is 0.235 e. The van der Waals surface area contributed by atoms with Crippen LogP contribution >= 0.6 is 23.2 Å². The number of rotatable bonds is 12. The number of ether oxygens (including phenoxy) is 1. The van der Waals surface area contributed by atoms with Crippen LogP contribution in [0.1, 0.15) is 64.2 Å². The van der Waals surface area contributed by atoms with Crippen LogP contribution in [0, 0.1) is 6.92 Å². The molecule has 1 saturated heterocycles. The van der Waals surface area contributed by atoms with Gasteiger partial charge >= 0.3 is 0 Å². The standard InChI is InChI=1S/C37H39Cl2N5O4/c1-22-18-30(42-32-21-44(16-17-45)15-14-25(22)32)33(46)19-23-6-3-8-26(35(23)38)27-9-5-10-28(36(27)39)31-20-40-29(37(43-31)48-2)11-4-7-24-12-13-34(47)41-24/h3,5-6,8-10,18,20,24,45H,4,7,11-17,19,21H2,1-2H3,(H,41,47). The minimum atomic E-state index is -0.116. The minimum Gasteiger partial charge on any atom is -0.480 e. The van der Waals surface area contributed by atoms with Gasteiger partial charge in [0.1, 0.15) is 11.4 Å². The summed E-state index contributed by atoms with van der Waals surface area (Å²) in [6, 6.07) is 13.4. The lowest BCUT2D eigenvalue weighted by Gasteiger charge is -2.28. The fourth-order valence-electron chi connectivity index (χ4n) is 6.67. The monoisotopic (exact) mass is 687 g/mol. The van der Waals surface area contributed by atoms with E-state index in [0.29, 0.717) is 75.5 Å². The number of nitrogens with one attached hydrogen (secondary N) is 1. The van der Waals surface area contributed by atoms with Crippen molar-refractivity contribution in [1.82, 2.24) is 25.2 Å². The largest absolute Gasteiger partial charge is 0.480 e. The van der Waals surface area contributed by atoms with Gasteiger partial charge in [0.05, 0.1) is 41.3 Å². The number of nitrogens with zero attached hydrogens (tertiary/aromatic N) is 4. The second-order valence-electron chi connectivity index (χ2n) is 12.5. The van der Waals surface area contributed by atoms with Gasteiger partial charge in [0.15, 0.2) is 5.78 Å². The van der Waals surface area contributed by atoms with Gasteiger partial charge in [0.2, 0.25) is 11.8 Å². The average Bonchev–Trinajstić information content (AvgIpc) is 3.50. The van der Waals surface area contributed by atoms with Crippen molar-refractivity contribution in [3.63, 3.8) is 0 Å². The molecule has 2 aliphatic rings. The summed E-state index contributed by atoms with van der Waals surface area (Å²) in [5.74, 6) is 0.442. The number of aryl methyl sites for hydroxylation is 2. The SMILES string of the molecule is COc1nc(-c2cccc(-c3cccc(CC(=O)c4cc(C)c5c(n4)CN(CCO)CC5)c3Cl)c2Cl)cnc1CCCC1CCC(=O)N1. The number of aliphatic hydroxyl groups is 1. The Hall–Kier alpha value is -3.89. The summed E-state index contributed by atoms with van der Waals surface area (Å²) in [5, 5.41) is 13.3. The molecule has 0 bridgehead atoms. The number of Topliss-reactive ketones (excluding diaryl/α,β-unsaturated/α-hetero) is 1. The highest BCUT2D eigenvalue weighted by molar-refractivity contribution is 6.38. The number of pyridine rings is 1. The van der Waals surface area contributed by atoms with Crippen molar-refractivity contribution in [3.05, 3.63) is 92.5 Å². The number of amides is 1. The van der Waals surface area contributed by atoms with E-state index in [0.717, 1.165) is 49.2 Å². The number of hydrogen-bond acceptors (Lipinski definition) is 8. The minimum absolute atomic E-state index is 0.0900.